The summed E-state index contributed by atoms with van der Waals surface area (Å²) in [6.45, 7) is 2.70. The molecular formula is C23H23Cl2F3N2O2. The molecule has 1 heterocycles. The molecule has 0 spiro atoms. The van der Waals surface area contributed by atoms with E-state index in [1.54, 1.807) is 24.3 Å². The molecule has 2 aromatic rings. The SMILES string of the molecule is CCCCCCNC(=O)c1ccc(C2=NOC(c3ccc(Cl)c(Cl)c3)(C(F)(F)F)C2)cc1. The van der Waals surface area contributed by atoms with Gasteiger partial charge in [-0.15, -0.1) is 0 Å². The summed E-state index contributed by atoms with van der Waals surface area (Å²) in [5.41, 5.74) is -1.85. The maximum absolute atomic E-state index is 14.1. The van der Waals surface area contributed by atoms with Crippen LogP contribution < -0.4 is 5.32 Å². The van der Waals surface area contributed by atoms with Crippen LogP contribution in [0.4, 0.5) is 13.2 Å². The number of hydrogen-bond acceptors (Lipinski definition) is 3. The van der Waals surface area contributed by atoms with Gasteiger partial charge in [0.25, 0.3) is 11.5 Å². The second-order valence-electron chi connectivity index (χ2n) is 7.65. The molecule has 172 valence electrons. The number of rotatable bonds is 8. The van der Waals surface area contributed by atoms with Crippen LogP contribution in [0.3, 0.4) is 0 Å². The number of nitrogens with zero attached hydrogens (tertiary/aromatic N) is 1. The van der Waals surface area contributed by atoms with Gasteiger partial charge in [-0.2, -0.15) is 13.2 Å². The predicted octanol–water partition coefficient (Wildman–Crippen LogP) is 6.89. The van der Waals surface area contributed by atoms with Gasteiger partial charge in [-0.05, 0) is 36.2 Å². The number of unbranched alkanes of at least 4 members (excludes halogenated alkanes) is 3. The van der Waals surface area contributed by atoms with E-state index < -0.39 is 18.2 Å². The highest BCUT2D eigenvalue weighted by atomic mass is 35.5. The first kappa shape index (κ1) is 24.4. The molecule has 1 atom stereocenters. The van der Waals surface area contributed by atoms with Gasteiger partial charge in [0.15, 0.2) is 0 Å². The Morgan fingerprint density at radius 2 is 1.81 bits per heavy atom. The molecule has 1 aliphatic rings. The van der Waals surface area contributed by atoms with Crippen LogP contribution >= 0.6 is 23.2 Å². The number of carbonyl (C=O) groups is 1. The van der Waals surface area contributed by atoms with Crippen LogP contribution in [-0.4, -0.2) is 24.3 Å². The van der Waals surface area contributed by atoms with E-state index in [4.69, 9.17) is 28.0 Å². The zero-order chi connectivity index (χ0) is 23.4. The number of nitrogens with one attached hydrogen (secondary N) is 1. The Balaban J connectivity index is 1.73. The monoisotopic (exact) mass is 486 g/mol. The first-order valence-corrected chi connectivity index (χ1v) is 11.1. The highest BCUT2D eigenvalue weighted by Crippen LogP contribution is 2.49. The topological polar surface area (TPSA) is 50.7 Å². The van der Waals surface area contributed by atoms with Crippen LogP contribution in [0.25, 0.3) is 0 Å². The third kappa shape index (κ3) is 5.21. The number of hydrogen-bond donors (Lipinski definition) is 1. The van der Waals surface area contributed by atoms with Gasteiger partial charge in [0.05, 0.1) is 15.8 Å². The largest absolute Gasteiger partial charge is 0.435 e. The van der Waals surface area contributed by atoms with E-state index in [0.29, 0.717) is 17.7 Å². The van der Waals surface area contributed by atoms with Crippen molar-refractivity contribution in [2.24, 2.45) is 5.16 Å². The normalized spacial score (nSPS) is 18.2. The van der Waals surface area contributed by atoms with Crippen molar-refractivity contribution in [2.45, 2.75) is 50.8 Å². The summed E-state index contributed by atoms with van der Waals surface area (Å²) in [6.07, 6.45) is -1.08. The van der Waals surface area contributed by atoms with Gasteiger partial charge in [-0.1, -0.05) is 72.7 Å². The van der Waals surface area contributed by atoms with E-state index in [1.165, 1.54) is 12.1 Å². The van der Waals surface area contributed by atoms with Crippen LogP contribution in [-0.2, 0) is 10.4 Å². The summed E-state index contributed by atoms with van der Waals surface area (Å²) in [7, 11) is 0. The molecule has 0 fully saturated rings. The minimum absolute atomic E-state index is 0.00472. The van der Waals surface area contributed by atoms with Crippen LogP contribution in [0.2, 0.25) is 10.0 Å². The minimum Gasteiger partial charge on any atom is -0.374 e. The standard InChI is InChI=1S/C23H23Cl2F3N2O2/c1-2-3-4-5-12-29-21(31)16-8-6-15(7-9-16)20-14-22(32-30-20,23(26,27)28)17-10-11-18(24)19(25)13-17/h6-11,13H,2-5,12,14H2,1H3,(H,29,31). The van der Waals surface area contributed by atoms with Crippen molar-refractivity contribution < 1.29 is 22.8 Å². The number of amides is 1. The summed E-state index contributed by atoms with van der Waals surface area (Å²) >= 11 is 11.8. The molecule has 0 aromatic heterocycles. The molecule has 1 unspecified atom stereocenters. The van der Waals surface area contributed by atoms with Gasteiger partial charge in [0.2, 0.25) is 0 Å². The first-order valence-electron chi connectivity index (χ1n) is 10.3. The number of alkyl halides is 3. The molecule has 0 saturated heterocycles. The Hall–Kier alpha value is -2.25. The molecule has 0 bridgehead atoms. The van der Waals surface area contributed by atoms with Crippen molar-refractivity contribution in [3.8, 4) is 0 Å². The lowest BCUT2D eigenvalue weighted by Gasteiger charge is -2.29. The van der Waals surface area contributed by atoms with Gasteiger partial charge >= 0.3 is 6.18 Å². The third-order valence-corrected chi connectivity index (χ3v) is 6.11. The van der Waals surface area contributed by atoms with Crippen molar-refractivity contribution in [1.82, 2.24) is 5.32 Å². The lowest BCUT2D eigenvalue weighted by molar-refractivity contribution is -0.275. The molecule has 1 aliphatic heterocycles. The Kier molecular flexibility index (Phi) is 7.72. The second kappa shape index (κ2) is 10.1. The molecule has 0 saturated carbocycles. The van der Waals surface area contributed by atoms with Crippen LogP contribution in [0, 0.1) is 0 Å². The average molecular weight is 487 g/mol. The molecule has 32 heavy (non-hydrogen) atoms. The van der Waals surface area contributed by atoms with E-state index in [1.807, 2.05) is 0 Å². The van der Waals surface area contributed by atoms with E-state index in [0.717, 1.165) is 31.7 Å². The Morgan fingerprint density at radius 1 is 1.09 bits per heavy atom. The fraction of sp³-hybridized carbons (Fsp3) is 0.391. The molecular weight excluding hydrogens is 464 g/mol. The van der Waals surface area contributed by atoms with Crippen LogP contribution in [0.5, 0.6) is 0 Å². The highest BCUT2D eigenvalue weighted by molar-refractivity contribution is 6.42. The van der Waals surface area contributed by atoms with Crippen molar-refractivity contribution >= 4 is 34.8 Å². The minimum atomic E-state index is -4.74. The van der Waals surface area contributed by atoms with Gasteiger partial charge in [0, 0.05) is 24.1 Å². The number of halogens is 5. The van der Waals surface area contributed by atoms with Crippen LogP contribution in [0.1, 0.15) is 60.5 Å². The van der Waals surface area contributed by atoms with E-state index in [2.05, 4.69) is 17.4 Å². The third-order valence-electron chi connectivity index (χ3n) is 5.37. The molecule has 1 N–H and O–H groups in total. The molecule has 1 amide bonds. The smallest absolute Gasteiger partial charge is 0.374 e. The Bertz CT molecular complexity index is 994. The van der Waals surface area contributed by atoms with E-state index in [-0.39, 0.29) is 27.2 Å². The van der Waals surface area contributed by atoms with Gasteiger partial charge in [-0.3, -0.25) is 4.79 Å². The van der Waals surface area contributed by atoms with Crippen molar-refractivity contribution in [1.29, 1.82) is 0 Å². The number of carbonyl (C=O) groups excluding carboxylic acids is 1. The highest BCUT2D eigenvalue weighted by Gasteiger charge is 2.62. The fourth-order valence-corrected chi connectivity index (χ4v) is 3.77. The summed E-state index contributed by atoms with van der Waals surface area (Å²) < 4.78 is 42.2. The van der Waals surface area contributed by atoms with Crippen molar-refractivity contribution in [3.63, 3.8) is 0 Å². The van der Waals surface area contributed by atoms with Crippen molar-refractivity contribution in [3.05, 3.63) is 69.2 Å². The summed E-state index contributed by atoms with van der Waals surface area (Å²) in [6, 6.07) is 9.92. The predicted molar refractivity (Wildman–Crippen MR) is 119 cm³/mol. The molecule has 2 aromatic carbocycles. The lowest BCUT2D eigenvalue weighted by atomic mass is 9.86. The molecule has 0 aliphatic carbocycles. The summed E-state index contributed by atoms with van der Waals surface area (Å²) in [4.78, 5) is 17.2. The molecule has 0 radical (unpaired) electrons. The molecule has 4 nitrogen and oxygen atoms in total. The summed E-state index contributed by atoms with van der Waals surface area (Å²) in [5.74, 6) is -0.224. The van der Waals surface area contributed by atoms with Gasteiger partial charge < -0.3 is 10.2 Å². The first-order chi connectivity index (χ1) is 15.2. The maximum Gasteiger partial charge on any atom is 0.435 e. The van der Waals surface area contributed by atoms with Crippen LogP contribution in [0.15, 0.2) is 47.6 Å². The Morgan fingerprint density at radius 3 is 2.44 bits per heavy atom. The summed E-state index contributed by atoms with van der Waals surface area (Å²) in [5, 5.41) is 6.71. The van der Waals surface area contributed by atoms with E-state index in [9.17, 15) is 18.0 Å². The van der Waals surface area contributed by atoms with Gasteiger partial charge in [-0.25, -0.2) is 0 Å². The zero-order valence-electron chi connectivity index (χ0n) is 17.4. The average Bonchev–Trinajstić information content (AvgIpc) is 3.22. The quantitative estimate of drug-likeness (QED) is 0.413. The fourth-order valence-electron chi connectivity index (χ4n) is 3.48. The van der Waals surface area contributed by atoms with E-state index >= 15 is 0 Å². The zero-order valence-corrected chi connectivity index (χ0v) is 18.9. The van der Waals surface area contributed by atoms with Gasteiger partial charge in [0.1, 0.15) is 0 Å². The second-order valence-corrected chi connectivity index (χ2v) is 8.47. The maximum atomic E-state index is 14.1. The molecule has 9 heteroatoms. The lowest BCUT2D eigenvalue weighted by Crippen LogP contribution is -2.42. The molecule has 3 rings (SSSR count). The number of oxime groups is 1. The Labute approximate surface area is 194 Å². The van der Waals surface area contributed by atoms with Crippen molar-refractivity contribution in [2.75, 3.05) is 6.54 Å². The number of benzene rings is 2.